The predicted octanol–water partition coefficient (Wildman–Crippen LogP) is 2.51. The van der Waals surface area contributed by atoms with Gasteiger partial charge >= 0.3 is 0 Å². The molecule has 2 rings (SSSR count). The molecule has 0 aromatic carbocycles. The van der Waals surface area contributed by atoms with E-state index in [1.807, 2.05) is 7.11 Å². The third-order valence-corrected chi connectivity index (χ3v) is 4.83. The first kappa shape index (κ1) is 15.3. The number of methoxy groups -OCH3 is 1. The molecule has 1 N–H and O–H groups in total. The molecule has 2 fully saturated rings. The minimum atomic E-state index is 0.773. The molecule has 0 radical (unpaired) electrons. The molecule has 3 atom stereocenters. The maximum Gasteiger partial charge on any atom is 0.0503 e. The summed E-state index contributed by atoms with van der Waals surface area (Å²) in [6.45, 7) is 8.24. The Labute approximate surface area is 119 Å². The van der Waals surface area contributed by atoms with Crippen molar-refractivity contribution in [3.63, 3.8) is 0 Å². The van der Waals surface area contributed by atoms with Gasteiger partial charge in [-0.05, 0) is 50.6 Å². The van der Waals surface area contributed by atoms with Crippen LogP contribution in [0.4, 0.5) is 0 Å². The first-order valence-electron chi connectivity index (χ1n) is 8.28. The van der Waals surface area contributed by atoms with Gasteiger partial charge in [0.05, 0.1) is 6.61 Å². The van der Waals surface area contributed by atoms with Crippen LogP contribution in [0.2, 0.25) is 0 Å². The van der Waals surface area contributed by atoms with Gasteiger partial charge in [0.1, 0.15) is 0 Å². The molecule has 0 aromatic rings. The van der Waals surface area contributed by atoms with Crippen molar-refractivity contribution in [1.29, 1.82) is 0 Å². The van der Waals surface area contributed by atoms with Crippen LogP contribution in [0.3, 0.4) is 0 Å². The highest BCUT2D eigenvalue weighted by atomic mass is 16.5. The summed E-state index contributed by atoms with van der Waals surface area (Å²) in [4.78, 5) is 2.68. The maximum absolute atomic E-state index is 5.30. The highest BCUT2D eigenvalue weighted by Gasteiger charge is 2.29. The van der Waals surface area contributed by atoms with E-state index in [9.17, 15) is 0 Å². The average molecular weight is 268 g/mol. The second-order valence-electron chi connectivity index (χ2n) is 6.47. The van der Waals surface area contributed by atoms with Crippen LogP contribution in [0.15, 0.2) is 0 Å². The Hall–Kier alpha value is -0.120. The Morgan fingerprint density at radius 2 is 2.05 bits per heavy atom. The summed E-state index contributed by atoms with van der Waals surface area (Å²) in [5.41, 5.74) is 0. The van der Waals surface area contributed by atoms with E-state index < -0.39 is 0 Å². The smallest absolute Gasteiger partial charge is 0.0503 e. The number of nitrogens with one attached hydrogen (secondary N) is 1. The van der Waals surface area contributed by atoms with Gasteiger partial charge in [-0.1, -0.05) is 19.8 Å². The summed E-state index contributed by atoms with van der Waals surface area (Å²) < 4.78 is 5.30. The molecule has 19 heavy (non-hydrogen) atoms. The first-order valence-corrected chi connectivity index (χ1v) is 8.28. The zero-order valence-electron chi connectivity index (χ0n) is 12.9. The van der Waals surface area contributed by atoms with Crippen LogP contribution in [-0.2, 0) is 4.74 Å². The molecule has 1 aliphatic heterocycles. The van der Waals surface area contributed by atoms with Gasteiger partial charge in [-0.15, -0.1) is 0 Å². The molecule has 0 spiro atoms. The fourth-order valence-corrected chi connectivity index (χ4v) is 3.81. The molecule has 0 bridgehead atoms. The van der Waals surface area contributed by atoms with Gasteiger partial charge < -0.3 is 15.0 Å². The van der Waals surface area contributed by atoms with Crippen LogP contribution in [0.25, 0.3) is 0 Å². The average Bonchev–Trinajstić information content (AvgIpc) is 2.86. The van der Waals surface area contributed by atoms with Crippen LogP contribution >= 0.6 is 0 Å². The standard InChI is InChI=1S/C16H32N2O/c1-3-9-17-16-7-5-4-6-15(16)12-18-10-8-14(11-18)13-19-2/h14-17H,3-13H2,1-2H3. The van der Waals surface area contributed by atoms with Crippen LogP contribution in [0.1, 0.15) is 45.4 Å². The highest BCUT2D eigenvalue weighted by Crippen LogP contribution is 2.27. The molecule has 112 valence electrons. The molecular weight excluding hydrogens is 236 g/mol. The maximum atomic E-state index is 5.30. The number of ether oxygens (including phenoxy) is 1. The molecule has 1 saturated heterocycles. The molecule has 3 unspecified atom stereocenters. The number of rotatable bonds is 7. The lowest BCUT2D eigenvalue weighted by atomic mass is 9.84. The van der Waals surface area contributed by atoms with Crippen molar-refractivity contribution in [2.45, 2.75) is 51.5 Å². The fraction of sp³-hybridized carbons (Fsp3) is 1.00. The van der Waals surface area contributed by atoms with E-state index in [1.54, 1.807) is 0 Å². The number of hydrogen-bond acceptors (Lipinski definition) is 3. The molecule has 3 nitrogen and oxygen atoms in total. The van der Waals surface area contributed by atoms with Crippen molar-refractivity contribution in [3.8, 4) is 0 Å². The summed E-state index contributed by atoms with van der Waals surface area (Å²) in [5, 5.41) is 3.78. The molecule has 0 aromatic heterocycles. The second-order valence-corrected chi connectivity index (χ2v) is 6.47. The summed E-state index contributed by atoms with van der Waals surface area (Å²) in [5.74, 6) is 1.65. The van der Waals surface area contributed by atoms with Crippen molar-refractivity contribution in [1.82, 2.24) is 10.2 Å². The Morgan fingerprint density at radius 3 is 2.84 bits per heavy atom. The minimum Gasteiger partial charge on any atom is -0.384 e. The third-order valence-electron chi connectivity index (χ3n) is 4.83. The summed E-state index contributed by atoms with van der Waals surface area (Å²) in [7, 11) is 1.83. The van der Waals surface area contributed by atoms with E-state index in [0.29, 0.717) is 0 Å². The zero-order chi connectivity index (χ0) is 13.5. The van der Waals surface area contributed by atoms with Crippen molar-refractivity contribution < 1.29 is 4.74 Å². The summed E-state index contributed by atoms with van der Waals surface area (Å²) in [6.07, 6.45) is 8.25. The topological polar surface area (TPSA) is 24.5 Å². The first-order chi connectivity index (χ1) is 9.33. The van der Waals surface area contributed by atoms with Crippen LogP contribution < -0.4 is 5.32 Å². The molecule has 1 heterocycles. The van der Waals surface area contributed by atoms with Crippen molar-refractivity contribution >= 4 is 0 Å². The molecule has 1 saturated carbocycles. The van der Waals surface area contributed by atoms with E-state index >= 15 is 0 Å². The molecular formula is C16H32N2O. The fourth-order valence-electron chi connectivity index (χ4n) is 3.81. The van der Waals surface area contributed by atoms with Gasteiger partial charge in [0.15, 0.2) is 0 Å². The van der Waals surface area contributed by atoms with Crippen LogP contribution in [0, 0.1) is 11.8 Å². The van der Waals surface area contributed by atoms with Gasteiger partial charge in [0, 0.05) is 26.2 Å². The van der Waals surface area contributed by atoms with Crippen molar-refractivity contribution in [2.75, 3.05) is 39.9 Å². The van der Waals surface area contributed by atoms with Gasteiger partial charge in [-0.25, -0.2) is 0 Å². The normalized spacial score (nSPS) is 32.8. The Balaban J connectivity index is 1.76. The number of likely N-dealkylation sites (tertiary alicyclic amines) is 1. The summed E-state index contributed by atoms with van der Waals surface area (Å²) >= 11 is 0. The van der Waals surface area contributed by atoms with E-state index in [0.717, 1.165) is 24.5 Å². The quantitative estimate of drug-likeness (QED) is 0.768. The Morgan fingerprint density at radius 1 is 1.21 bits per heavy atom. The Kier molecular flexibility index (Phi) is 6.62. The van der Waals surface area contributed by atoms with Crippen molar-refractivity contribution in [2.24, 2.45) is 11.8 Å². The van der Waals surface area contributed by atoms with E-state index in [2.05, 4.69) is 17.1 Å². The molecule has 3 heteroatoms. The highest BCUT2D eigenvalue weighted by molar-refractivity contribution is 4.85. The largest absolute Gasteiger partial charge is 0.384 e. The second kappa shape index (κ2) is 8.23. The minimum absolute atomic E-state index is 0.773. The molecule has 2 aliphatic rings. The zero-order valence-corrected chi connectivity index (χ0v) is 12.9. The lowest BCUT2D eigenvalue weighted by Gasteiger charge is -2.35. The van der Waals surface area contributed by atoms with Gasteiger partial charge in [-0.3, -0.25) is 0 Å². The molecule has 0 amide bonds. The van der Waals surface area contributed by atoms with Crippen LogP contribution in [0.5, 0.6) is 0 Å². The van der Waals surface area contributed by atoms with Gasteiger partial charge in [0.25, 0.3) is 0 Å². The van der Waals surface area contributed by atoms with E-state index in [1.165, 1.54) is 64.7 Å². The third kappa shape index (κ3) is 4.73. The monoisotopic (exact) mass is 268 g/mol. The van der Waals surface area contributed by atoms with E-state index in [-0.39, 0.29) is 0 Å². The van der Waals surface area contributed by atoms with Crippen LogP contribution in [-0.4, -0.2) is 50.8 Å². The SMILES string of the molecule is CCCNC1CCCCC1CN1CCC(COC)C1. The number of nitrogens with zero attached hydrogens (tertiary/aromatic N) is 1. The summed E-state index contributed by atoms with van der Waals surface area (Å²) in [6, 6.07) is 0.773. The van der Waals surface area contributed by atoms with Crippen molar-refractivity contribution in [3.05, 3.63) is 0 Å². The lowest BCUT2D eigenvalue weighted by molar-refractivity contribution is 0.144. The van der Waals surface area contributed by atoms with Gasteiger partial charge in [-0.2, -0.15) is 0 Å². The Bertz CT molecular complexity index is 247. The predicted molar refractivity (Wildman–Crippen MR) is 80.5 cm³/mol. The number of hydrogen-bond donors (Lipinski definition) is 1. The lowest BCUT2D eigenvalue weighted by Crippen LogP contribution is -2.44. The molecule has 1 aliphatic carbocycles. The van der Waals surface area contributed by atoms with Gasteiger partial charge in [0.2, 0.25) is 0 Å². The van der Waals surface area contributed by atoms with E-state index in [4.69, 9.17) is 4.74 Å².